The molecule has 1 aliphatic carbocycles. The van der Waals surface area contributed by atoms with Crippen molar-refractivity contribution in [2.75, 3.05) is 18.9 Å². The summed E-state index contributed by atoms with van der Waals surface area (Å²) < 4.78 is 26.3. The molecule has 1 saturated carbocycles. The van der Waals surface area contributed by atoms with Crippen molar-refractivity contribution in [2.24, 2.45) is 5.41 Å². The number of carbonyl (C=O) groups is 1. The van der Waals surface area contributed by atoms with Gasteiger partial charge in [0.05, 0.1) is 11.1 Å². The third kappa shape index (κ3) is 2.44. The average Bonchev–Trinajstić information content (AvgIpc) is 3.05. The monoisotopic (exact) mass is 240 g/mol. The Bertz CT molecular complexity index is 444. The minimum Gasteiger partial charge on any atom is -0.323 e. The first-order valence-electron chi connectivity index (χ1n) is 5.48. The fourth-order valence-electron chi connectivity index (χ4n) is 1.82. The van der Waals surface area contributed by atoms with Gasteiger partial charge in [0.25, 0.3) is 0 Å². The molecular formula is C12H14F2N2O. The molecule has 0 atom stereocenters. The lowest BCUT2D eigenvalue weighted by Gasteiger charge is -2.15. The van der Waals surface area contributed by atoms with Crippen LogP contribution in [0.2, 0.25) is 0 Å². The van der Waals surface area contributed by atoms with Crippen molar-refractivity contribution in [3.8, 4) is 0 Å². The van der Waals surface area contributed by atoms with Gasteiger partial charge in [0, 0.05) is 12.6 Å². The highest BCUT2D eigenvalue weighted by Gasteiger charge is 2.49. The van der Waals surface area contributed by atoms with Crippen LogP contribution >= 0.6 is 0 Å². The largest absolute Gasteiger partial charge is 0.323 e. The smallest absolute Gasteiger partial charge is 0.231 e. The van der Waals surface area contributed by atoms with Crippen LogP contribution in [0.1, 0.15) is 12.8 Å². The van der Waals surface area contributed by atoms with E-state index in [1.54, 1.807) is 7.05 Å². The first kappa shape index (κ1) is 12.0. The maximum Gasteiger partial charge on any atom is 0.231 e. The van der Waals surface area contributed by atoms with Gasteiger partial charge in [-0.1, -0.05) is 0 Å². The summed E-state index contributed by atoms with van der Waals surface area (Å²) >= 11 is 0. The number of nitrogens with one attached hydrogen (secondary N) is 2. The quantitative estimate of drug-likeness (QED) is 0.844. The van der Waals surface area contributed by atoms with E-state index in [-0.39, 0.29) is 11.6 Å². The van der Waals surface area contributed by atoms with Crippen molar-refractivity contribution in [1.29, 1.82) is 0 Å². The standard InChI is InChI=1S/C12H14F2N2O/c1-15-7-12(4-5-12)11(17)16-10-6-8(13)2-3-9(10)14/h2-3,6,15H,4-5,7H2,1H3,(H,16,17). The van der Waals surface area contributed by atoms with Crippen LogP contribution < -0.4 is 10.6 Å². The zero-order valence-corrected chi connectivity index (χ0v) is 9.52. The predicted molar refractivity (Wildman–Crippen MR) is 60.6 cm³/mol. The van der Waals surface area contributed by atoms with Gasteiger partial charge < -0.3 is 10.6 Å². The third-order valence-electron chi connectivity index (χ3n) is 3.03. The molecule has 1 aromatic carbocycles. The molecule has 1 aromatic rings. The summed E-state index contributed by atoms with van der Waals surface area (Å²) in [4.78, 5) is 11.9. The Morgan fingerprint density at radius 3 is 2.71 bits per heavy atom. The first-order valence-corrected chi connectivity index (χ1v) is 5.48. The van der Waals surface area contributed by atoms with E-state index in [2.05, 4.69) is 10.6 Å². The van der Waals surface area contributed by atoms with Gasteiger partial charge >= 0.3 is 0 Å². The molecule has 0 aromatic heterocycles. The van der Waals surface area contributed by atoms with E-state index in [1.165, 1.54) is 0 Å². The molecule has 0 saturated heterocycles. The second kappa shape index (κ2) is 4.41. The second-order valence-corrected chi connectivity index (χ2v) is 4.39. The molecule has 2 N–H and O–H groups in total. The number of benzene rings is 1. The Labute approximate surface area is 98.2 Å². The molecule has 5 heteroatoms. The number of halogens is 2. The van der Waals surface area contributed by atoms with Crippen molar-refractivity contribution >= 4 is 11.6 Å². The van der Waals surface area contributed by atoms with Gasteiger partial charge in [-0.25, -0.2) is 8.78 Å². The highest BCUT2D eigenvalue weighted by Crippen LogP contribution is 2.45. The maximum absolute atomic E-state index is 13.3. The summed E-state index contributed by atoms with van der Waals surface area (Å²) in [7, 11) is 1.76. The maximum atomic E-state index is 13.3. The molecular weight excluding hydrogens is 226 g/mol. The van der Waals surface area contributed by atoms with E-state index in [0.29, 0.717) is 6.54 Å². The van der Waals surface area contributed by atoms with Gasteiger partial charge in [0.1, 0.15) is 11.6 Å². The van der Waals surface area contributed by atoms with Crippen molar-refractivity contribution in [1.82, 2.24) is 5.32 Å². The van der Waals surface area contributed by atoms with Crippen molar-refractivity contribution in [3.63, 3.8) is 0 Å². The van der Waals surface area contributed by atoms with E-state index < -0.39 is 17.0 Å². The Morgan fingerprint density at radius 1 is 1.41 bits per heavy atom. The van der Waals surface area contributed by atoms with Gasteiger partial charge in [-0.15, -0.1) is 0 Å². The zero-order valence-electron chi connectivity index (χ0n) is 9.52. The number of amides is 1. The highest BCUT2D eigenvalue weighted by atomic mass is 19.1. The summed E-state index contributed by atoms with van der Waals surface area (Å²) in [6.45, 7) is 0.551. The fourth-order valence-corrected chi connectivity index (χ4v) is 1.82. The number of rotatable bonds is 4. The lowest BCUT2D eigenvalue weighted by molar-refractivity contribution is -0.121. The molecule has 0 bridgehead atoms. The van der Waals surface area contributed by atoms with Crippen LogP contribution in [0.25, 0.3) is 0 Å². The SMILES string of the molecule is CNCC1(C(=O)Nc2cc(F)ccc2F)CC1. The van der Waals surface area contributed by atoms with Crippen LogP contribution in [-0.4, -0.2) is 19.5 Å². The van der Waals surface area contributed by atoms with Gasteiger partial charge in [0.15, 0.2) is 0 Å². The van der Waals surface area contributed by atoms with Gasteiger partial charge in [0.2, 0.25) is 5.91 Å². The van der Waals surface area contributed by atoms with Crippen LogP contribution in [0.15, 0.2) is 18.2 Å². The van der Waals surface area contributed by atoms with E-state index in [1.807, 2.05) is 0 Å². The molecule has 0 unspecified atom stereocenters. The number of hydrogen-bond acceptors (Lipinski definition) is 2. The molecule has 0 spiro atoms. The Morgan fingerprint density at radius 2 is 2.12 bits per heavy atom. The minimum absolute atomic E-state index is 0.0996. The molecule has 3 nitrogen and oxygen atoms in total. The van der Waals surface area contributed by atoms with Crippen LogP contribution in [0.4, 0.5) is 14.5 Å². The van der Waals surface area contributed by atoms with E-state index in [4.69, 9.17) is 0 Å². The lowest BCUT2D eigenvalue weighted by atomic mass is 10.1. The highest BCUT2D eigenvalue weighted by molar-refractivity contribution is 5.97. The zero-order chi connectivity index (χ0) is 12.5. The molecule has 0 aliphatic heterocycles. The number of anilines is 1. The van der Waals surface area contributed by atoms with Crippen LogP contribution in [0.3, 0.4) is 0 Å². The van der Waals surface area contributed by atoms with E-state index >= 15 is 0 Å². The Balaban J connectivity index is 2.11. The van der Waals surface area contributed by atoms with Crippen LogP contribution in [-0.2, 0) is 4.79 Å². The van der Waals surface area contributed by atoms with Gasteiger partial charge in [-0.2, -0.15) is 0 Å². The van der Waals surface area contributed by atoms with Crippen LogP contribution in [0, 0.1) is 17.0 Å². The molecule has 92 valence electrons. The predicted octanol–water partition coefficient (Wildman–Crippen LogP) is 1.90. The molecule has 0 heterocycles. The first-order chi connectivity index (χ1) is 8.07. The average molecular weight is 240 g/mol. The number of hydrogen-bond donors (Lipinski definition) is 2. The second-order valence-electron chi connectivity index (χ2n) is 4.39. The summed E-state index contributed by atoms with van der Waals surface area (Å²) in [5, 5.41) is 5.38. The normalized spacial score (nSPS) is 16.6. The summed E-state index contributed by atoms with van der Waals surface area (Å²) in [6.07, 6.45) is 1.55. The molecule has 17 heavy (non-hydrogen) atoms. The Hall–Kier alpha value is -1.49. The van der Waals surface area contributed by atoms with Gasteiger partial charge in [-0.3, -0.25) is 4.79 Å². The number of carbonyl (C=O) groups excluding carboxylic acids is 1. The van der Waals surface area contributed by atoms with Crippen molar-refractivity contribution in [2.45, 2.75) is 12.8 Å². The molecule has 1 aliphatic rings. The van der Waals surface area contributed by atoms with Crippen molar-refractivity contribution < 1.29 is 13.6 Å². The summed E-state index contributed by atoms with van der Waals surface area (Å²) in [5.41, 5.74) is -0.551. The molecule has 2 rings (SSSR count). The topological polar surface area (TPSA) is 41.1 Å². The Kier molecular flexibility index (Phi) is 3.11. The van der Waals surface area contributed by atoms with Gasteiger partial charge in [-0.05, 0) is 32.0 Å². The summed E-state index contributed by atoms with van der Waals surface area (Å²) in [5.74, 6) is -1.45. The van der Waals surface area contributed by atoms with E-state index in [9.17, 15) is 13.6 Å². The molecule has 1 amide bonds. The fraction of sp³-hybridized carbons (Fsp3) is 0.417. The third-order valence-corrected chi connectivity index (χ3v) is 3.03. The summed E-state index contributed by atoms with van der Waals surface area (Å²) in [6, 6.07) is 3.01. The molecule has 0 radical (unpaired) electrons. The van der Waals surface area contributed by atoms with Crippen molar-refractivity contribution in [3.05, 3.63) is 29.8 Å². The minimum atomic E-state index is -0.625. The molecule has 1 fully saturated rings. The van der Waals surface area contributed by atoms with E-state index in [0.717, 1.165) is 31.0 Å². The van der Waals surface area contributed by atoms with Crippen LogP contribution in [0.5, 0.6) is 0 Å². The lowest BCUT2D eigenvalue weighted by Crippen LogP contribution is -2.32.